The zero-order valence-corrected chi connectivity index (χ0v) is 8.40. The van der Waals surface area contributed by atoms with E-state index in [0.29, 0.717) is 12.8 Å². The summed E-state index contributed by atoms with van der Waals surface area (Å²) in [4.78, 5) is 25.0. The fraction of sp³-hybridized carbons (Fsp3) is 0.636. The molecule has 2 aliphatic heterocycles. The maximum Gasteiger partial charge on any atom is 0.224 e. The second kappa shape index (κ2) is 3.56. The van der Waals surface area contributed by atoms with Crippen LogP contribution in [0.4, 0.5) is 0 Å². The van der Waals surface area contributed by atoms with E-state index >= 15 is 0 Å². The Hall–Kier alpha value is -1.12. The van der Waals surface area contributed by atoms with Crippen LogP contribution >= 0.6 is 0 Å². The van der Waals surface area contributed by atoms with Crippen LogP contribution in [0.25, 0.3) is 0 Å². The topological polar surface area (TPSA) is 37.4 Å². The van der Waals surface area contributed by atoms with Crippen LogP contribution < -0.4 is 0 Å². The number of piperidine rings is 1. The van der Waals surface area contributed by atoms with Crippen molar-refractivity contribution >= 4 is 11.7 Å². The first kappa shape index (κ1) is 9.44. The number of carbonyl (C=O) groups excluding carboxylic acids is 2. The van der Waals surface area contributed by atoms with Crippen molar-refractivity contribution in [2.75, 3.05) is 0 Å². The van der Waals surface area contributed by atoms with Crippen LogP contribution in [-0.4, -0.2) is 28.7 Å². The van der Waals surface area contributed by atoms with E-state index in [1.54, 1.807) is 4.90 Å². The third-order valence-electron chi connectivity index (χ3n) is 3.09. The Labute approximate surface area is 83.8 Å². The smallest absolute Gasteiger partial charge is 0.224 e. The molecule has 0 saturated carbocycles. The summed E-state index contributed by atoms with van der Waals surface area (Å²) < 4.78 is 0. The van der Waals surface area contributed by atoms with Crippen LogP contribution in [0.5, 0.6) is 0 Å². The number of hydrogen-bond donors (Lipinski definition) is 0. The van der Waals surface area contributed by atoms with Gasteiger partial charge in [-0.1, -0.05) is 12.2 Å². The van der Waals surface area contributed by atoms with Gasteiger partial charge in [0.2, 0.25) is 5.91 Å². The predicted octanol–water partition coefficient (Wildman–Crippen LogP) is 1.29. The third kappa shape index (κ3) is 1.37. The predicted molar refractivity (Wildman–Crippen MR) is 52.7 cm³/mol. The summed E-state index contributed by atoms with van der Waals surface area (Å²) in [5.74, 6) is 0.395. The number of ketones is 1. The Balaban J connectivity index is 2.21. The molecule has 0 N–H and O–H groups in total. The molecule has 14 heavy (non-hydrogen) atoms. The van der Waals surface area contributed by atoms with Crippen LogP contribution in [0.15, 0.2) is 12.2 Å². The van der Waals surface area contributed by atoms with Crippen molar-refractivity contribution in [1.82, 2.24) is 4.90 Å². The van der Waals surface area contributed by atoms with Gasteiger partial charge in [0.15, 0.2) is 5.78 Å². The first-order chi connectivity index (χ1) is 6.74. The van der Waals surface area contributed by atoms with E-state index in [9.17, 15) is 9.59 Å². The minimum Gasteiger partial charge on any atom is -0.326 e. The first-order valence-electron chi connectivity index (χ1n) is 5.20. The van der Waals surface area contributed by atoms with Crippen molar-refractivity contribution in [2.45, 2.75) is 44.7 Å². The summed E-state index contributed by atoms with van der Waals surface area (Å²) in [6, 6.07) is 0.0548. The van der Waals surface area contributed by atoms with Gasteiger partial charge in [0.05, 0.1) is 12.1 Å². The molecule has 2 rings (SSSR count). The number of nitrogens with zero attached hydrogens (tertiary/aromatic N) is 1. The lowest BCUT2D eigenvalue weighted by Gasteiger charge is -2.31. The molecule has 0 radical (unpaired) electrons. The SMILES string of the molecule is C/C=C\[C@@H]1CC[C@H]2C(=O)CCC(=O)N12. The molecule has 0 aromatic heterocycles. The van der Waals surface area contributed by atoms with E-state index in [4.69, 9.17) is 0 Å². The van der Waals surface area contributed by atoms with Gasteiger partial charge in [-0.2, -0.15) is 0 Å². The lowest BCUT2D eigenvalue weighted by atomic mass is 10.0. The van der Waals surface area contributed by atoms with Crippen molar-refractivity contribution in [2.24, 2.45) is 0 Å². The first-order valence-corrected chi connectivity index (χ1v) is 5.20. The molecule has 1 amide bonds. The van der Waals surface area contributed by atoms with Gasteiger partial charge in [-0.3, -0.25) is 9.59 Å². The highest BCUT2D eigenvalue weighted by Gasteiger charge is 2.42. The summed E-state index contributed by atoms with van der Waals surface area (Å²) >= 11 is 0. The van der Waals surface area contributed by atoms with E-state index in [2.05, 4.69) is 0 Å². The quantitative estimate of drug-likeness (QED) is 0.588. The molecule has 3 nitrogen and oxygen atoms in total. The highest BCUT2D eigenvalue weighted by Crippen LogP contribution is 2.30. The molecule has 0 aliphatic carbocycles. The second-order valence-corrected chi connectivity index (χ2v) is 3.95. The zero-order chi connectivity index (χ0) is 10.1. The number of rotatable bonds is 1. The molecule has 76 valence electrons. The lowest BCUT2D eigenvalue weighted by Crippen LogP contribution is -2.48. The molecule has 0 unspecified atom stereocenters. The number of allylic oxidation sites excluding steroid dienone is 1. The van der Waals surface area contributed by atoms with Crippen molar-refractivity contribution in [3.05, 3.63) is 12.2 Å². The number of amides is 1. The molecular formula is C11H15NO2. The summed E-state index contributed by atoms with van der Waals surface area (Å²) in [5.41, 5.74) is 0. The van der Waals surface area contributed by atoms with Gasteiger partial charge in [0, 0.05) is 12.8 Å². The van der Waals surface area contributed by atoms with Crippen LogP contribution in [0, 0.1) is 0 Å². The van der Waals surface area contributed by atoms with Gasteiger partial charge >= 0.3 is 0 Å². The summed E-state index contributed by atoms with van der Waals surface area (Å²) in [6.07, 6.45) is 6.62. The van der Waals surface area contributed by atoms with Crippen molar-refractivity contribution in [3.63, 3.8) is 0 Å². The van der Waals surface area contributed by atoms with E-state index in [0.717, 1.165) is 12.8 Å². The molecule has 0 aromatic carbocycles. The average Bonchev–Trinajstić information content (AvgIpc) is 2.58. The Morgan fingerprint density at radius 2 is 2.07 bits per heavy atom. The molecule has 2 heterocycles. The summed E-state index contributed by atoms with van der Waals surface area (Å²) in [7, 11) is 0. The van der Waals surface area contributed by atoms with Crippen molar-refractivity contribution in [3.8, 4) is 0 Å². The third-order valence-corrected chi connectivity index (χ3v) is 3.09. The number of hydrogen-bond acceptors (Lipinski definition) is 2. The molecule has 0 aromatic rings. The molecular weight excluding hydrogens is 178 g/mol. The molecule has 0 bridgehead atoms. The number of carbonyl (C=O) groups is 2. The Morgan fingerprint density at radius 1 is 1.29 bits per heavy atom. The maximum absolute atomic E-state index is 11.6. The number of fused-ring (bicyclic) bond motifs is 1. The Morgan fingerprint density at radius 3 is 2.79 bits per heavy atom. The van der Waals surface area contributed by atoms with Gasteiger partial charge in [0.1, 0.15) is 0 Å². The van der Waals surface area contributed by atoms with E-state index in [-0.39, 0.29) is 23.8 Å². The minimum absolute atomic E-state index is 0.113. The highest BCUT2D eigenvalue weighted by molar-refractivity contribution is 5.96. The largest absolute Gasteiger partial charge is 0.326 e. The highest BCUT2D eigenvalue weighted by atomic mass is 16.2. The standard InChI is InChI=1S/C11H15NO2/c1-2-3-8-4-5-9-10(13)6-7-11(14)12(8)9/h2-3,8-9H,4-7H2,1H3/b3-2-/t8-,9+/m1/s1. The van der Waals surface area contributed by atoms with Gasteiger partial charge < -0.3 is 4.90 Å². The maximum atomic E-state index is 11.6. The molecule has 3 heteroatoms. The molecule has 2 fully saturated rings. The van der Waals surface area contributed by atoms with Gasteiger partial charge in [-0.25, -0.2) is 0 Å². The number of Topliss-reactive ketones (excluding diaryl/α,β-unsaturated/α-hetero) is 1. The van der Waals surface area contributed by atoms with E-state index < -0.39 is 0 Å². The lowest BCUT2D eigenvalue weighted by molar-refractivity contribution is -0.144. The van der Waals surface area contributed by atoms with Gasteiger partial charge in [-0.15, -0.1) is 0 Å². The minimum atomic E-state index is -0.113. The molecule has 0 spiro atoms. The van der Waals surface area contributed by atoms with Crippen molar-refractivity contribution in [1.29, 1.82) is 0 Å². The normalized spacial score (nSPS) is 32.8. The zero-order valence-electron chi connectivity index (χ0n) is 8.40. The van der Waals surface area contributed by atoms with E-state index in [1.165, 1.54) is 0 Å². The Bertz CT molecular complexity index is 296. The van der Waals surface area contributed by atoms with Crippen LogP contribution in [0.1, 0.15) is 32.6 Å². The van der Waals surface area contributed by atoms with Gasteiger partial charge in [0.25, 0.3) is 0 Å². The summed E-state index contributed by atoms with van der Waals surface area (Å²) in [6.45, 7) is 1.95. The monoisotopic (exact) mass is 193 g/mol. The van der Waals surface area contributed by atoms with Crippen molar-refractivity contribution < 1.29 is 9.59 Å². The van der Waals surface area contributed by atoms with Gasteiger partial charge in [-0.05, 0) is 19.8 Å². The Kier molecular flexibility index (Phi) is 2.40. The summed E-state index contributed by atoms with van der Waals surface area (Å²) in [5, 5.41) is 0. The van der Waals surface area contributed by atoms with Crippen LogP contribution in [-0.2, 0) is 9.59 Å². The van der Waals surface area contributed by atoms with Crippen LogP contribution in [0.2, 0.25) is 0 Å². The molecule has 2 aliphatic rings. The fourth-order valence-corrected chi connectivity index (χ4v) is 2.45. The molecule has 2 atom stereocenters. The second-order valence-electron chi connectivity index (χ2n) is 3.95. The molecule has 2 saturated heterocycles. The van der Waals surface area contributed by atoms with Crippen LogP contribution in [0.3, 0.4) is 0 Å². The fourth-order valence-electron chi connectivity index (χ4n) is 2.45. The van der Waals surface area contributed by atoms with E-state index in [1.807, 2.05) is 19.1 Å². The average molecular weight is 193 g/mol.